The van der Waals surface area contributed by atoms with Crippen molar-refractivity contribution in [2.45, 2.75) is 110 Å². The van der Waals surface area contributed by atoms with E-state index in [1.807, 2.05) is 6.92 Å². The van der Waals surface area contributed by atoms with Gasteiger partial charge in [-0.25, -0.2) is 0 Å². The normalized spacial score (nSPS) is 35.8. The molecule has 5 fully saturated rings. The van der Waals surface area contributed by atoms with Crippen LogP contribution in [0.25, 0.3) is 0 Å². The lowest BCUT2D eigenvalue weighted by Crippen LogP contribution is -2.75. The maximum atomic E-state index is 14.3. The number of hydrogen-bond donors (Lipinski definition) is 0. The highest BCUT2D eigenvalue weighted by atomic mass is 16.5. The van der Waals surface area contributed by atoms with Crippen LogP contribution < -0.4 is 0 Å². The summed E-state index contributed by atoms with van der Waals surface area (Å²) in [5, 5.41) is 0. The molecule has 1 aromatic carbocycles. The quantitative estimate of drug-likeness (QED) is 0.333. The SMILES string of the molecule is CCOC(=O)C1(C(=O)CCC2CCCC2)CC2CC3CCCCC31C(C)N2Cc1ccccc1. The molecule has 3 saturated carbocycles. The van der Waals surface area contributed by atoms with Crippen molar-refractivity contribution < 1.29 is 14.3 Å². The van der Waals surface area contributed by atoms with E-state index in [0.717, 1.165) is 38.6 Å². The fourth-order valence-corrected chi connectivity index (χ4v) is 8.81. The number of carbonyl (C=O) groups excluding carboxylic acids is 2. The molecule has 5 atom stereocenters. The van der Waals surface area contributed by atoms with Crippen LogP contribution in [-0.4, -0.2) is 35.3 Å². The molecule has 0 amide bonds. The molecule has 34 heavy (non-hydrogen) atoms. The second-order valence-electron chi connectivity index (χ2n) is 11.6. The fraction of sp³-hybridized carbons (Fsp3) is 0.733. The van der Waals surface area contributed by atoms with Gasteiger partial charge in [-0.05, 0) is 63.4 Å². The molecule has 186 valence electrons. The second kappa shape index (κ2) is 9.76. The van der Waals surface area contributed by atoms with E-state index in [1.165, 1.54) is 37.7 Å². The van der Waals surface area contributed by atoms with Gasteiger partial charge in [0, 0.05) is 30.5 Å². The van der Waals surface area contributed by atoms with Gasteiger partial charge in [-0.3, -0.25) is 14.5 Å². The first-order valence-electron chi connectivity index (χ1n) is 14.0. The van der Waals surface area contributed by atoms with E-state index < -0.39 is 5.41 Å². The van der Waals surface area contributed by atoms with Gasteiger partial charge in [-0.15, -0.1) is 0 Å². The number of nitrogens with zero attached hydrogens (tertiary/aromatic N) is 1. The van der Waals surface area contributed by atoms with Crippen LogP contribution in [0.3, 0.4) is 0 Å². The van der Waals surface area contributed by atoms with Gasteiger partial charge in [-0.2, -0.15) is 0 Å². The van der Waals surface area contributed by atoms with Gasteiger partial charge in [0.15, 0.2) is 5.78 Å². The van der Waals surface area contributed by atoms with Crippen LogP contribution in [0.1, 0.15) is 96.5 Å². The number of ether oxygens (including phenoxy) is 1. The summed E-state index contributed by atoms with van der Waals surface area (Å²) in [4.78, 5) is 30.9. The zero-order valence-corrected chi connectivity index (χ0v) is 21.3. The van der Waals surface area contributed by atoms with Crippen molar-refractivity contribution in [3.05, 3.63) is 35.9 Å². The monoisotopic (exact) mass is 465 g/mol. The third kappa shape index (κ3) is 3.75. The first-order chi connectivity index (χ1) is 16.5. The summed E-state index contributed by atoms with van der Waals surface area (Å²) in [5.41, 5.74) is 0.0654. The lowest BCUT2D eigenvalue weighted by atomic mass is 9.40. The molecular weight excluding hydrogens is 422 g/mol. The molecule has 1 spiro atoms. The molecule has 5 aliphatic rings. The van der Waals surface area contributed by atoms with E-state index in [9.17, 15) is 9.59 Å². The molecule has 4 nitrogen and oxygen atoms in total. The summed E-state index contributed by atoms with van der Waals surface area (Å²) in [6, 6.07) is 11.2. The third-order valence-electron chi connectivity index (χ3n) is 10.3. The Balaban J connectivity index is 1.51. The Labute approximate surface area is 205 Å². The van der Waals surface area contributed by atoms with Gasteiger partial charge < -0.3 is 4.74 Å². The number of hydrogen-bond acceptors (Lipinski definition) is 4. The molecular formula is C30H43NO3. The van der Waals surface area contributed by atoms with E-state index in [4.69, 9.17) is 4.74 Å². The van der Waals surface area contributed by atoms with Crippen molar-refractivity contribution in [3.8, 4) is 0 Å². The van der Waals surface area contributed by atoms with Crippen LogP contribution in [0.4, 0.5) is 0 Å². The highest BCUT2D eigenvalue weighted by Crippen LogP contribution is 2.68. The van der Waals surface area contributed by atoms with Crippen LogP contribution in [0, 0.1) is 22.7 Å². The van der Waals surface area contributed by atoms with Crippen LogP contribution in [0.2, 0.25) is 0 Å². The summed E-state index contributed by atoms with van der Waals surface area (Å²) >= 11 is 0. The van der Waals surface area contributed by atoms with Crippen LogP contribution in [0.5, 0.6) is 0 Å². The number of piperidine rings is 2. The van der Waals surface area contributed by atoms with E-state index >= 15 is 0 Å². The summed E-state index contributed by atoms with van der Waals surface area (Å²) in [7, 11) is 0. The van der Waals surface area contributed by atoms with Gasteiger partial charge in [0.05, 0.1) is 6.61 Å². The lowest BCUT2D eigenvalue weighted by Gasteiger charge is -2.69. The van der Waals surface area contributed by atoms with E-state index in [2.05, 4.69) is 42.2 Å². The Hall–Kier alpha value is -1.68. The fourth-order valence-electron chi connectivity index (χ4n) is 8.81. The smallest absolute Gasteiger partial charge is 0.320 e. The number of carbonyl (C=O) groups is 2. The molecule has 5 unspecified atom stereocenters. The summed E-state index contributed by atoms with van der Waals surface area (Å²) in [5.74, 6) is 1.12. The van der Waals surface area contributed by atoms with Crippen molar-refractivity contribution in [3.63, 3.8) is 0 Å². The number of fused-ring (bicyclic) bond motifs is 2. The molecule has 0 N–H and O–H groups in total. The number of ketones is 1. The molecule has 4 heteroatoms. The predicted molar refractivity (Wildman–Crippen MR) is 134 cm³/mol. The Morgan fingerprint density at radius 2 is 1.79 bits per heavy atom. The maximum Gasteiger partial charge on any atom is 0.320 e. The first-order valence-corrected chi connectivity index (χ1v) is 14.0. The number of benzene rings is 1. The van der Waals surface area contributed by atoms with Crippen molar-refractivity contribution in [1.29, 1.82) is 0 Å². The largest absolute Gasteiger partial charge is 0.465 e. The molecule has 2 bridgehead atoms. The third-order valence-corrected chi connectivity index (χ3v) is 10.3. The number of esters is 1. The molecule has 0 radical (unpaired) electrons. The molecule has 2 aliphatic heterocycles. The summed E-state index contributed by atoms with van der Waals surface area (Å²) < 4.78 is 5.80. The van der Waals surface area contributed by atoms with Gasteiger partial charge in [0.25, 0.3) is 0 Å². The van der Waals surface area contributed by atoms with Crippen molar-refractivity contribution in [2.24, 2.45) is 22.7 Å². The van der Waals surface area contributed by atoms with Crippen LogP contribution in [0.15, 0.2) is 30.3 Å². The molecule has 6 rings (SSSR count). The maximum absolute atomic E-state index is 14.3. The van der Waals surface area contributed by atoms with Gasteiger partial charge >= 0.3 is 5.97 Å². The van der Waals surface area contributed by atoms with Crippen molar-refractivity contribution in [2.75, 3.05) is 6.61 Å². The Morgan fingerprint density at radius 1 is 1.06 bits per heavy atom. The molecule has 3 aliphatic carbocycles. The Morgan fingerprint density at radius 3 is 2.53 bits per heavy atom. The number of Topliss-reactive ketones (excluding diaryl/α,β-unsaturated/α-hetero) is 1. The minimum atomic E-state index is -0.956. The van der Waals surface area contributed by atoms with Gasteiger partial charge in [0.1, 0.15) is 5.41 Å². The van der Waals surface area contributed by atoms with Crippen LogP contribution >= 0.6 is 0 Å². The van der Waals surface area contributed by atoms with E-state index in [-0.39, 0.29) is 29.3 Å². The van der Waals surface area contributed by atoms with Crippen molar-refractivity contribution >= 4 is 11.8 Å². The van der Waals surface area contributed by atoms with E-state index in [1.54, 1.807) is 0 Å². The van der Waals surface area contributed by atoms with E-state index in [0.29, 0.717) is 31.3 Å². The average molecular weight is 466 g/mol. The Bertz CT molecular complexity index is 878. The molecule has 0 aromatic heterocycles. The highest BCUT2D eigenvalue weighted by Gasteiger charge is 2.73. The van der Waals surface area contributed by atoms with Gasteiger partial charge in [0.2, 0.25) is 0 Å². The molecule has 2 heterocycles. The zero-order chi connectivity index (χ0) is 23.8. The van der Waals surface area contributed by atoms with Crippen molar-refractivity contribution in [1.82, 2.24) is 4.90 Å². The molecule has 2 saturated heterocycles. The second-order valence-corrected chi connectivity index (χ2v) is 11.6. The standard InChI is InChI=1S/C30H43NO3/c1-3-34-28(33)30(27(32)17-16-23-11-7-8-12-23)20-26-19-25-15-9-10-18-29(25,30)22(2)31(26)21-24-13-5-4-6-14-24/h4-6,13-14,22-23,25-26H,3,7-12,15-21H2,1-2H3. The lowest BCUT2D eigenvalue weighted by molar-refractivity contribution is -0.229. The average Bonchev–Trinajstić information content (AvgIpc) is 3.38. The van der Waals surface area contributed by atoms with Crippen LogP contribution in [-0.2, 0) is 20.9 Å². The Kier molecular flexibility index (Phi) is 6.90. The predicted octanol–water partition coefficient (Wildman–Crippen LogP) is 6.32. The minimum absolute atomic E-state index is 0.199. The highest BCUT2D eigenvalue weighted by molar-refractivity contribution is 6.05. The summed E-state index contributed by atoms with van der Waals surface area (Å²) in [6.07, 6.45) is 12.8. The minimum Gasteiger partial charge on any atom is -0.465 e. The number of rotatable bonds is 8. The molecule has 1 aromatic rings. The topological polar surface area (TPSA) is 46.6 Å². The zero-order valence-electron chi connectivity index (χ0n) is 21.3. The summed E-state index contributed by atoms with van der Waals surface area (Å²) in [6.45, 7) is 5.46. The van der Waals surface area contributed by atoms with Gasteiger partial charge in [-0.1, -0.05) is 68.9 Å². The first kappa shape index (κ1) is 24.0.